The number of amides is 1. The number of carbonyl (C=O) groups excluding carboxylic acids is 1. The number of rotatable bonds is 3. The highest BCUT2D eigenvalue weighted by atomic mass is 16.3. The van der Waals surface area contributed by atoms with E-state index in [0.717, 1.165) is 12.8 Å². The lowest BCUT2D eigenvalue weighted by atomic mass is 10.1. The van der Waals surface area contributed by atoms with Gasteiger partial charge in [-0.25, -0.2) is 0 Å². The summed E-state index contributed by atoms with van der Waals surface area (Å²) >= 11 is 0. The summed E-state index contributed by atoms with van der Waals surface area (Å²) in [6.45, 7) is -0.0703. The highest BCUT2D eigenvalue weighted by Gasteiger charge is 2.49. The van der Waals surface area contributed by atoms with Gasteiger partial charge in [0, 0.05) is 6.20 Å². The Bertz CT molecular complexity index is 333. The number of pyridine rings is 1. The minimum Gasteiger partial charge on any atom is -0.395 e. The molecule has 1 fully saturated rings. The number of anilines is 1. The summed E-state index contributed by atoms with van der Waals surface area (Å²) in [6.07, 6.45) is 4.78. The molecular formula is C10H12N2O2. The molecule has 0 spiro atoms. The van der Waals surface area contributed by atoms with E-state index in [9.17, 15) is 4.79 Å². The number of nitrogens with one attached hydrogen (secondary N) is 1. The van der Waals surface area contributed by atoms with Crippen molar-refractivity contribution in [3.63, 3.8) is 0 Å². The fourth-order valence-corrected chi connectivity index (χ4v) is 1.31. The molecular weight excluding hydrogens is 180 g/mol. The first-order valence-electron chi connectivity index (χ1n) is 4.59. The Kier molecular flexibility index (Phi) is 2.21. The highest BCUT2D eigenvalue weighted by molar-refractivity contribution is 5.97. The Balaban J connectivity index is 2.02. The van der Waals surface area contributed by atoms with Gasteiger partial charge >= 0.3 is 0 Å². The quantitative estimate of drug-likeness (QED) is 0.744. The number of hydrogen-bond acceptors (Lipinski definition) is 3. The van der Waals surface area contributed by atoms with Crippen LogP contribution in [0.4, 0.5) is 5.69 Å². The van der Waals surface area contributed by atoms with Crippen molar-refractivity contribution < 1.29 is 9.90 Å². The van der Waals surface area contributed by atoms with Crippen molar-refractivity contribution in [1.29, 1.82) is 0 Å². The maximum Gasteiger partial charge on any atom is 0.232 e. The Morgan fingerprint density at radius 3 is 2.93 bits per heavy atom. The van der Waals surface area contributed by atoms with Gasteiger partial charge in [0.15, 0.2) is 0 Å². The highest BCUT2D eigenvalue weighted by Crippen LogP contribution is 2.45. The van der Waals surface area contributed by atoms with Crippen molar-refractivity contribution in [3.8, 4) is 0 Å². The smallest absolute Gasteiger partial charge is 0.232 e. The van der Waals surface area contributed by atoms with Crippen LogP contribution in [0.15, 0.2) is 24.5 Å². The molecule has 0 saturated heterocycles. The van der Waals surface area contributed by atoms with Crippen LogP contribution in [0, 0.1) is 5.41 Å². The maximum atomic E-state index is 11.6. The van der Waals surface area contributed by atoms with Crippen molar-refractivity contribution in [2.75, 3.05) is 11.9 Å². The molecule has 0 radical (unpaired) electrons. The Labute approximate surface area is 82.0 Å². The SMILES string of the molecule is O=C(Nc1cccnc1)C1(CO)CC1. The molecule has 0 bridgehead atoms. The molecule has 1 aliphatic carbocycles. The van der Waals surface area contributed by atoms with Gasteiger partial charge in [0.2, 0.25) is 5.91 Å². The lowest BCUT2D eigenvalue weighted by Gasteiger charge is -2.11. The molecule has 0 aromatic carbocycles. The van der Waals surface area contributed by atoms with E-state index in [4.69, 9.17) is 5.11 Å². The predicted octanol–water partition coefficient (Wildman–Crippen LogP) is 0.793. The summed E-state index contributed by atoms with van der Waals surface area (Å²) in [5.74, 6) is -0.104. The van der Waals surface area contributed by atoms with Crippen molar-refractivity contribution in [1.82, 2.24) is 4.98 Å². The zero-order valence-corrected chi connectivity index (χ0v) is 7.73. The third kappa shape index (κ3) is 1.61. The van der Waals surface area contributed by atoms with Crippen LogP contribution in [-0.4, -0.2) is 22.6 Å². The van der Waals surface area contributed by atoms with Crippen LogP contribution >= 0.6 is 0 Å². The summed E-state index contributed by atoms with van der Waals surface area (Å²) in [5.41, 5.74) is 0.160. The van der Waals surface area contributed by atoms with Gasteiger partial charge in [-0.3, -0.25) is 9.78 Å². The number of aliphatic hydroxyl groups excluding tert-OH is 1. The molecule has 0 unspecified atom stereocenters. The summed E-state index contributed by atoms with van der Waals surface area (Å²) in [4.78, 5) is 15.5. The first-order valence-corrected chi connectivity index (χ1v) is 4.59. The van der Waals surface area contributed by atoms with Crippen molar-refractivity contribution in [2.24, 2.45) is 5.41 Å². The van der Waals surface area contributed by atoms with Crippen LogP contribution in [-0.2, 0) is 4.79 Å². The van der Waals surface area contributed by atoms with Crippen LogP contribution < -0.4 is 5.32 Å². The topological polar surface area (TPSA) is 62.2 Å². The maximum absolute atomic E-state index is 11.6. The molecule has 1 amide bonds. The first-order chi connectivity index (χ1) is 6.77. The zero-order valence-electron chi connectivity index (χ0n) is 7.73. The van der Waals surface area contributed by atoms with Crippen LogP contribution in [0.1, 0.15) is 12.8 Å². The average molecular weight is 192 g/mol. The Morgan fingerprint density at radius 2 is 2.43 bits per heavy atom. The molecule has 2 N–H and O–H groups in total. The average Bonchev–Trinajstić information content (AvgIpc) is 3.00. The minimum atomic E-state index is -0.518. The lowest BCUT2D eigenvalue weighted by Crippen LogP contribution is -2.27. The molecule has 4 nitrogen and oxygen atoms in total. The summed E-state index contributed by atoms with van der Waals surface area (Å²) < 4.78 is 0. The fourth-order valence-electron chi connectivity index (χ4n) is 1.31. The van der Waals surface area contributed by atoms with E-state index in [1.54, 1.807) is 24.5 Å². The molecule has 74 valence electrons. The second-order valence-electron chi connectivity index (χ2n) is 3.63. The van der Waals surface area contributed by atoms with E-state index in [-0.39, 0.29) is 12.5 Å². The standard InChI is InChI=1S/C10H12N2O2/c13-7-10(3-4-10)9(14)12-8-2-1-5-11-6-8/h1-2,5-6,13H,3-4,7H2,(H,12,14). The van der Waals surface area contributed by atoms with Gasteiger partial charge in [-0.15, -0.1) is 0 Å². The number of aromatic nitrogens is 1. The summed E-state index contributed by atoms with van der Waals surface area (Å²) in [7, 11) is 0. The molecule has 1 saturated carbocycles. The summed E-state index contributed by atoms with van der Waals surface area (Å²) in [6, 6.07) is 3.53. The predicted molar refractivity (Wildman–Crippen MR) is 51.6 cm³/mol. The molecule has 0 aliphatic heterocycles. The van der Waals surface area contributed by atoms with Crippen LogP contribution in [0.2, 0.25) is 0 Å². The fraction of sp³-hybridized carbons (Fsp3) is 0.400. The van der Waals surface area contributed by atoms with E-state index in [1.165, 1.54) is 0 Å². The molecule has 1 heterocycles. The number of hydrogen-bond donors (Lipinski definition) is 2. The lowest BCUT2D eigenvalue weighted by molar-refractivity contribution is -0.122. The van der Waals surface area contributed by atoms with E-state index in [0.29, 0.717) is 5.69 Å². The van der Waals surface area contributed by atoms with E-state index < -0.39 is 5.41 Å². The van der Waals surface area contributed by atoms with E-state index in [2.05, 4.69) is 10.3 Å². The van der Waals surface area contributed by atoms with Crippen molar-refractivity contribution in [3.05, 3.63) is 24.5 Å². The van der Waals surface area contributed by atoms with Gasteiger partial charge in [0.05, 0.1) is 23.9 Å². The van der Waals surface area contributed by atoms with Crippen molar-refractivity contribution >= 4 is 11.6 Å². The monoisotopic (exact) mass is 192 g/mol. The third-order valence-corrected chi connectivity index (χ3v) is 2.56. The third-order valence-electron chi connectivity index (χ3n) is 2.56. The van der Waals surface area contributed by atoms with E-state index >= 15 is 0 Å². The van der Waals surface area contributed by atoms with Gasteiger partial charge in [0.1, 0.15) is 0 Å². The Morgan fingerprint density at radius 1 is 1.64 bits per heavy atom. The second kappa shape index (κ2) is 3.38. The van der Waals surface area contributed by atoms with Crippen LogP contribution in [0.5, 0.6) is 0 Å². The van der Waals surface area contributed by atoms with Gasteiger partial charge < -0.3 is 10.4 Å². The second-order valence-corrected chi connectivity index (χ2v) is 3.63. The van der Waals surface area contributed by atoms with Gasteiger partial charge in [-0.05, 0) is 25.0 Å². The molecule has 4 heteroatoms. The molecule has 2 rings (SSSR count). The summed E-state index contributed by atoms with van der Waals surface area (Å²) in [5, 5.41) is 11.8. The van der Waals surface area contributed by atoms with Gasteiger partial charge in [-0.1, -0.05) is 0 Å². The number of nitrogens with zero attached hydrogens (tertiary/aromatic N) is 1. The first kappa shape index (κ1) is 9.15. The van der Waals surface area contributed by atoms with Crippen molar-refractivity contribution in [2.45, 2.75) is 12.8 Å². The largest absolute Gasteiger partial charge is 0.395 e. The minimum absolute atomic E-state index is 0.0703. The normalized spacial score (nSPS) is 17.5. The number of carbonyl (C=O) groups is 1. The molecule has 14 heavy (non-hydrogen) atoms. The van der Waals surface area contributed by atoms with Gasteiger partial charge in [0.25, 0.3) is 0 Å². The molecule has 1 aliphatic rings. The van der Waals surface area contributed by atoms with Crippen LogP contribution in [0.25, 0.3) is 0 Å². The zero-order chi connectivity index (χ0) is 10.0. The molecule has 1 aromatic heterocycles. The molecule has 0 atom stereocenters. The van der Waals surface area contributed by atoms with E-state index in [1.807, 2.05) is 0 Å². The number of aliphatic hydroxyl groups is 1. The Hall–Kier alpha value is -1.42. The van der Waals surface area contributed by atoms with Crippen LogP contribution in [0.3, 0.4) is 0 Å². The van der Waals surface area contributed by atoms with Gasteiger partial charge in [-0.2, -0.15) is 0 Å². The molecule has 1 aromatic rings.